The van der Waals surface area contributed by atoms with E-state index in [1.165, 1.54) is 11.3 Å². The largest absolute Gasteiger partial charge is 0.481 e. The first kappa shape index (κ1) is 12.9. The molecule has 3 nitrogen and oxygen atoms in total. The Kier molecular flexibility index (Phi) is 3.60. The monoisotopic (exact) mass is 247 g/mol. The van der Waals surface area contributed by atoms with Gasteiger partial charge in [0.15, 0.2) is 0 Å². The van der Waals surface area contributed by atoms with Crippen LogP contribution in [0.2, 0.25) is 0 Å². The minimum absolute atomic E-state index is 0.316. The Morgan fingerprint density at radius 2 is 2.28 bits per heavy atom. The van der Waals surface area contributed by atoms with Crippen LogP contribution in [-0.4, -0.2) is 23.7 Å². The molecule has 1 N–H and O–H groups in total. The highest BCUT2D eigenvalue weighted by atomic mass is 16.4. The highest BCUT2D eigenvalue weighted by molar-refractivity contribution is 5.70. The summed E-state index contributed by atoms with van der Waals surface area (Å²) >= 11 is 0. The van der Waals surface area contributed by atoms with Gasteiger partial charge >= 0.3 is 5.97 Å². The molecular weight excluding hydrogens is 226 g/mol. The molecule has 1 heterocycles. The van der Waals surface area contributed by atoms with Crippen molar-refractivity contribution in [2.45, 2.75) is 39.7 Å². The van der Waals surface area contributed by atoms with Crippen LogP contribution in [0.4, 0.5) is 5.69 Å². The van der Waals surface area contributed by atoms with Crippen LogP contribution in [0.3, 0.4) is 0 Å². The van der Waals surface area contributed by atoms with Crippen LogP contribution < -0.4 is 4.90 Å². The average molecular weight is 247 g/mol. The van der Waals surface area contributed by atoms with Gasteiger partial charge in [-0.25, -0.2) is 0 Å². The summed E-state index contributed by atoms with van der Waals surface area (Å²) in [5, 5.41) is 8.95. The highest BCUT2D eigenvalue weighted by Gasteiger charge is 2.24. The smallest absolute Gasteiger partial charge is 0.306 e. The number of likely N-dealkylation sites (N-methyl/N-ethyl adjacent to an activating group) is 1. The molecule has 1 aliphatic heterocycles. The van der Waals surface area contributed by atoms with E-state index in [0.717, 1.165) is 18.5 Å². The molecule has 2 atom stereocenters. The number of carboxylic acids is 1. The zero-order valence-electron chi connectivity index (χ0n) is 11.3. The Labute approximate surface area is 108 Å². The number of carboxylic acid groups (broad SMARTS) is 1. The number of nitrogens with zero attached hydrogens (tertiary/aromatic N) is 1. The lowest BCUT2D eigenvalue weighted by Crippen LogP contribution is -2.28. The van der Waals surface area contributed by atoms with E-state index in [2.05, 4.69) is 36.9 Å². The molecule has 0 spiro atoms. The fraction of sp³-hybridized carbons (Fsp3) is 0.533. The zero-order chi connectivity index (χ0) is 13.3. The second-order valence-corrected chi connectivity index (χ2v) is 5.25. The molecule has 0 radical (unpaired) electrons. The molecule has 0 amide bonds. The third kappa shape index (κ3) is 2.35. The fourth-order valence-electron chi connectivity index (χ4n) is 2.80. The van der Waals surface area contributed by atoms with E-state index in [1.807, 2.05) is 0 Å². The number of hydrogen-bond acceptors (Lipinski definition) is 2. The molecule has 0 saturated heterocycles. The van der Waals surface area contributed by atoms with Crippen LogP contribution in [0.5, 0.6) is 0 Å². The third-order valence-electron chi connectivity index (χ3n) is 3.80. The first-order chi connectivity index (χ1) is 8.52. The van der Waals surface area contributed by atoms with Crippen molar-refractivity contribution in [2.24, 2.45) is 5.92 Å². The normalized spacial score (nSPS) is 19.7. The Bertz CT molecular complexity index is 456. The van der Waals surface area contributed by atoms with Crippen LogP contribution in [0, 0.1) is 5.92 Å². The number of anilines is 1. The summed E-state index contributed by atoms with van der Waals surface area (Å²) in [5.74, 6) is -1.04. The molecule has 0 bridgehead atoms. The Morgan fingerprint density at radius 3 is 2.89 bits per heavy atom. The molecule has 1 aromatic carbocycles. The van der Waals surface area contributed by atoms with E-state index < -0.39 is 5.97 Å². The summed E-state index contributed by atoms with van der Waals surface area (Å²) in [4.78, 5) is 13.3. The van der Waals surface area contributed by atoms with Crippen molar-refractivity contribution in [1.82, 2.24) is 0 Å². The zero-order valence-corrected chi connectivity index (χ0v) is 11.3. The fourth-order valence-corrected chi connectivity index (χ4v) is 2.80. The van der Waals surface area contributed by atoms with Gasteiger partial charge in [0, 0.05) is 18.3 Å². The Hall–Kier alpha value is -1.51. The minimum Gasteiger partial charge on any atom is -0.481 e. The SMILES string of the molecule is CCN1c2ccc(CC(C)C(=O)O)cc2CC1C. The summed E-state index contributed by atoms with van der Waals surface area (Å²) in [6.07, 6.45) is 1.68. The summed E-state index contributed by atoms with van der Waals surface area (Å²) in [7, 11) is 0. The average Bonchev–Trinajstić information content (AvgIpc) is 2.63. The lowest BCUT2D eigenvalue weighted by atomic mass is 9.98. The van der Waals surface area contributed by atoms with Crippen LogP contribution in [-0.2, 0) is 17.6 Å². The van der Waals surface area contributed by atoms with Gasteiger partial charge < -0.3 is 10.0 Å². The first-order valence-corrected chi connectivity index (χ1v) is 6.64. The predicted octanol–water partition coefficient (Wildman–Crippen LogP) is 2.72. The highest BCUT2D eigenvalue weighted by Crippen LogP contribution is 2.32. The Morgan fingerprint density at radius 1 is 1.56 bits per heavy atom. The molecule has 0 fully saturated rings. The number of benzene rings is 1. The molecule has 3 heteroatoms. The van der Waals surface area contributed by atoms with E-state index in [9.17, 15) is 4.79 Å². The van der Waals surface area contributed by atoms with Crippen molar-refractivity contribution < 1.29 is 9.90 Å². The third-order valence-corrected chi connectivity index (χ3v) is 3.80. The van der Waals surface area contributed by atoms with E-state index in [-0.39, 0.29) is 5.92 Å². The van der Waals surface area contributed by atoms with Crippen molar-refractivity contribution in [3.8, 4) is 0 Å². The van der Waals surface area contributed by atoms with E-state index >= 15 is 0 Å². The molecule has 2 unspecified atom stereocenters. The molecule has 1 aromatic rings. The van der Waals surface area contributed by atoms with Crippen LogP contribution in [0.25, 0.3) is 0 Å². The number of fused-ring (bicyclic) bond motifs is 1. The number of rotatable bonds is 4. The van der Waals surface area contributed by atoms with Crippen molar-refractivity contribution >= 4 is 11.7 Å². The molecule has 1 aliphatic rings. The van der Waals surface area contributed by atoms with Gasteiger partial charge in [0.25, 0.3) is 0 Å². The van der Waals surface area contributed by atoms with Crippen molar-refractivity contribution in [3.05, 3.63) is 29.3 Å². The molecule has 0 aromatic heterocycles. The molecule has 0 saturated carbocycles. The van der Waals surface area contributed by atoms with Gasteiger partial charge in [-0.3, -0.25) is 4.79 Å². The van der Waals surface area contributed by atoms with E-state index in [0.29, 0.717) is 12.5 Å². The van der Waals surface area contributed by atoms with E-state index in [4.69, 9.17) is 5.11 Å². The van der Waals surface area contributed by atoms with Gasteiger partial charge in [-0.05, 0) is 43.9 Å². The molecule has 98 valence electrons. The van der Waals surface area contributed by atoms with Crippen molar-refractivity contribution in [2.75, 3.05) is 11.4 Å². The number of hydrogen-bond donors (Lipinski definition) is 1. The number of carbonyl (C=O) groups is 1. The molecule has 0 aliphatic carbocycles. The lowest BCUT2D eigenvalue weighted by molar-refractivity contribution is -0.141. The van der Waals surface area contributed by atoms with Gasteiger partial charge in [0.05, 0.1) is 5.92 Å². The molecule has 18 heavy (non-hydrogen) atoms. The summed E-state index contributed by atoms with van der Waals surface area (Å²) < 4.78 is 0. The maximum absolute atomic E-state index is 10.9. The van der Waals surface area contributed by atoms with Gasteiger partial charge in [0.2, 0.25) is 0 Å². The quantitative estimate of drug-likeness (QED) is 0.889. The lowest BCUT2D eigenvalue weighted by Gasteiger charge is -2.22. The Balaban J connectivity index is 2.19. The van der Waals surface area contributed by atoms with Gasteiger partial charge in [0.1, 0.15) is 0 Å². The number of aliphatic carboxylic acids is 1. The molecular formula is C15H21NO2. The minimum atomic E-state index is -0.723. The second-order valence-electron chi connectivity index (χ2n) is 5.25. The maximum Gasteiger partial charge on any atom is 0.306 e. The summed E-state index contributed by atoms with van der Waals surface area (Å²) in [5.41, 5.74) is 3.81. The first-order valence-electron chi connectivity index (χ1n) is 6.64. The van der Waals surface area contributed by atoms with Gasteiger partial charge in [-0.1, -0.05) is 19.1 Å². The van der Waals surface area contributed by atoms with Crippen LogP contribution in [0.1, 0.15) is 31.9 Å². The predicted molar refractivity (Wildman–Crippen MR) is 73.1 cm³/mol. The van der Waals surface area contributed by atoms with Gasteiger partial charge in [-0.2, -0.15) is 0 Å². The van der Waals surface area contributed by atoms with Gasteiger partial charge in [-0.15, -0.1) is 0 Å². The standard InChI is InChI=1S/C15H21NO2/c1-4-16-11(3)8-13-9-12(5-6-14(13)16)7-10(2)15(17)18/h5-6,9-11H,4,7-8H2,1-3H3,(H,17,18). The van der Waals surface area contributed by atoms with Crippen molar-refractivity contribution in [1.29, 1.82) is 0 Å². The maximum atomic E-state index is 10.9. The summed E-state index contributed by atoms with van der Waals surface area (Å²) in [6.45, 7) is 7.20. The summed E-state index contributed by atoms with van der Waals surface area (Å²) in [6, 6.07) is 6.95. The van der Waals surface area contributed by atoms with E-state index in [1.54, 1.807) is 6.92 Å². The van der Waals surface area contributed by atoms with Crippen LogP contribution >= 0.6 is 0 Å². The van der Waals surface area contributed by atoms with Crippen molar-refractivity contribution in [3.63, 3.8) is 0 Å². The van der Waals surface area contributed by atoms with Crippen LogP contribution in [0.15, 0.2) is 18.2 Å². The second kappa shape index (κ2) is 5.01. The topological polar surface area (TPSA) is 40.5 Å². The molecule has 2 rings (SSSR count).